The summed E-state index contributed by atoms with van der Waals surface area (Å²) >= 11 is 0. The van der Waals surface area contributed by atoms with Crippen LogP contribution in [0.1, 0.15) is 29.8 Å². The summed E-state index contributed by atoms with van der Waals surface area (Å²) in [7, 11) is 0. The average molecular weight is 312 g/mol. The zero-order valence-electron chi connectivity index (χ0n) is 12.8. The minimum Gasteiger partial charge on any atom is -0.480 e. The zero-order chi connectivity index (χ0) is 17.0. The SMILES string of the molecule is CC(C)(C(=O)O)C(=O)Oc1ccc(C(=O)c2ccccc2)cc1. The molecule has 0 aliphatic rings. The maximum atomic E-state index is 12.2. The summed E-state index contributed by atoms with van der Waals surface area (Å²) < 4.78 is 5.05. The molecule has 0 spiro atoms. The first kappa shape index (κ1) is 16.4. The van der Waals surface area contributed by atoms with Gasteiger partial charge < -0.3 is 9.84 Å². The Morgan fingerprint density at radius 2 is 1.39 bits per heavy atom. The third-order valence-corrected chi connectivity index (χ3v) is 3.41. The number of rotatable bonds is 5. The predicted octanol–water partition coefficient (Wildman–Crippen LogP) is 2.93. The fourth-order valence-electron chi connectivity index (χ4n) is 1.75. The first-order valence-corrected chi connectivity index (χ1v) is 6.98. The molecule has 0 aliphatic heterocycles. The van der Waals surface area contributed by atoms with Crippen molar-refractivity contribution in [1.29, 1.82) is 0 Å². The number of aliphatic carboxylic acids is 1. The summed E-state index contributed by atoms with van der Waals surface area (Å²) in [4.78, 5) is 35.1. The maximum Gasteiger partial charge on any atom is 0.328 e. The van der Waals surface area contributed by atoms with Gasteiger partial charge in [0.25, 0.3) is 0 Å². The minimum atomic E-state index is -1.64. The average Bonchev–Trinajstić information content (AvgIpc) is 2.55. The van der Waals surface area contributed by atoms with E-state index in [0.717, 1.165) is 0 Å². The van der Waals surface area contributed by atoms with Gasteiger partial charge in [-0.3, -0.25) is 14.4 Å². The molecule has 5 heteroatoms. The standard InChI is InChI=1S/C18H16O5/c1-18(2,16(20)21)17(22)23-14-10-8-13(9-11-14)15(19)12-6-4-3-5-7-12/h3-11H,1-2H3,(H,20,21). The molecule has 118 valence electrons. The van der Waals surface area contributed by atoms with E-state index in [4.69, 9.17) is 9.84 Å². The van der Waals surface area contributed by atoms with Crippen LogP contribution in [0.15, 0.2) is 54.6 Å². The Morgan fingerprint density at radius 1 is 0.870 bits per heavy atom. The van der Waals surface area contributed by atoms with Crippen molar-refractivity contribution < 1.29 is 24.2 Å². The van der Waals surface area contributed by atoms with Gasteiger partial charge in [0, 0.05) is 11.1 Å². The number of carboxylic acids is 1. The number of benzene rings is 2. The van der Waals surface area contributed by atoms with Crippen LogP contribution in [0.2, 0.25) is 0 Å². The Kier molecular flexibility index (Phi) is 4.60. The van der Waals surface area contributed by atoms with Crippen molar-refractivity contribution in [1.82, 2.24) is 0 Å². The summed E-state index contributed by atoms with van der Waals surface area (Å²) in [6, 6.07) is 14.8. The molecule has 0 saturated heterocycles. The Balaban J connectivity index is 2.13. The third kappa shape index (κ3) is 3.63. The van der Waals surface area contributed by atoms with E-state index in [-0.39, 0.29) is 11.5 Å². The molecule has 23 heavy (non-hydrogen) atoms. The smallest absolute Gasteiger partial charge is 0.328 e. The summed E-state index contributed by atoms with van der Waals surface area (Å²) in [6.07, 6.45) is 0. The molecule has 0 heterocycles. The van der Waals surface area contributed by atoms with Gasteiger partial charge in [0.1, 0.15) is 5.75 Å². The van der Waals surface area contributed by atoms with Gasteiger partial charge in [-0.05, 0) is 38.1 Å². The van der Waals surface area contributed by atoms with E-state index < -0.39 is 17.4 Å². The highest BCUT2D eigenvalue weighted by Gasteiger charge is 2.38. The monoisotopic (exact) mass is 312 g/mol. The topological polar surface area (TPSA) is 80.7 Å². The van der Waals surface area contributed by atoms with Crippen LogP contribution in [-0.4, -0.2) is 22.8 Å². The predicted molar refractivity (Wildman–Crippen MR) is 83.4 cm³/mol. The first-order valence-electron chi connectivity index (χ1n) is 6.98. The van der Waals surface area contributed by atoms with Crippen molar-refractivity contribution in [3.8, 4) is 5.75 Å². The van der Waals surface area contributed by atoms with E-state index in [0.29, 0.717) is 11.1 Å². The maximum absolute atomic E-state index is 12.2. The van der Waals surface area contributed by atoms with E-state index in [1.54, 1.807) is 24.3 Å². The second kappa shape index (κ2) is 6.44. The van der Waals surface area contributed by atoms with Crippen molar-refractivity contribution in [2.24, 2.45) is 5.41 Å². The van der Waals surface area contributed by atoms with E-state index in [9.17, 15) is 14.4 Å². The molecule has 0 aliphatic carbocycles. The molecule has 0 amide bonds. The van der Waals surface area contributed by atoms with Crippen LogP contribution in [0.5, 0.6) is 5.75 Å². The Hall–Kier alpha value is -2.95. The minimum absolute atomic E-state index is 0.144. The van der Waals surface area contributed by atoms with Crippen molar-refractivity contribution in [2.45, 2.75) is 13.8 Å². The van der Waals surface area contributed by atoms with Crippen LogP contribution in [0.25, 0.3) is 0 Å². The Labute approximate surface area is 133 Å². The largest absolute Gasteiger partial charge is 0.480 e. The molecular formula is C18H16O5. The summed E-state index contributed by atoms with van der Waals surface area (Å²) in [6.45, 7) is 2.54. The van der Waals surface area contributed by atoms with Gasteiger partial charge in [-0.1, -0.05) is 30.3 Å². The fraction of sp³-hybridized carbons (Fsp3) is 0.167. The zero-order valence-corrected chi connectivity index (χ0v) is 12.8. The van der Waals surface area contributed by atoms with Gasteiger partial charge in [-0.15, -0.1) is 0 Å². The van der Waals surface area contributed by atoms with Crippen LogP contribution >= 0.6 is 0 Å². The van der Waals surface area contributed by atoms with Crippen molar-refractivity contribution in [3.05, 3.63) is 65.7 Å². The summed E-state index contributed by atoms with van der Waals surface area (Å²) in [5.74, 6) is -2.09. The van der Waals surface area contributed by atoms with Gasteiger partial charge in [0.15, 0.2) is 11.2 Å². The quantitative estimate of drug-likeness (QED) is 0.397. The second-order valence-electron chi connectivity index (χ2n) is 5.54. The van der Waals surface area contributed by atoms with E-state index in [1.807, 2.05) is 6.07 Å². The molecule has 2 aromatic rings. The number of hydrogen-bond acceptors (Lipinski definition) is 4. The highest BCUT2D eigenvalue weighted by molar-refractivity contribution is 6.09. The molecule has 0 bridgehead atoms. The van der Waals surface area contributed by atoms with Gasteiger partial charge in [0.2, 0.25) is 0 Å². The molecule has 0 unspecified atom stereocenters. The second-order valence-corrected chi connectivity index (χ2v) is 5.54. The van der Waals surface area contributed by atoms with Crippen LogP contribution in [-0.2, 0) is 9.59 Å². The number of esters is 1. The number of ketones is 1. The molecule has 0 radical (unpaired) electrons. The van der Waals surface area contributed by atoms with Crippen LogP contribution < -0.4 is 4.74 Å². The van der Waals surface area contributed by atoms with Crippen LogP contribution in [0.4, 0.5) is 0 Å². The lowest BCUT2D eigenvalue weighted by Crippen LogP contribution is -2.36. The highest BCUT2D eigenvalue weighted by atomic mass is 16.5. The molecule has 0 fully saturated rings. The number of carbonyl (C=O) groups excluding carboxylic acids is 2. The number of carbonyl (C=O) groups is 3. The molecule has 1 N–H and O–H groups in total. The molecule has 0 aromatic heterocycles. The van der Waals surface area contributed by atoms with Gasteiger partial charge in [-0.25, -0.2) is 0 Å². The fourth-order valence-corrected chi connectivity index (χ4v) is 1.75. The lowest BCUT2D eigenvalue weighted by Gasteiger charge is -2.17. The van der Waals surface area contributed by atoms with Crippen molar-refractivity contribution in [3.63, 3.8) is 0 Å². The molecule has 0 atom stereocenters. The van der Waals surface area contributed by atoms with Gasteiger partial charge in [0.05, 0.1) is 0 Å². The Bertz CT molecular complexity index is 730. The van der Waals surface area contributed by atoms with E-state index in [2.05, 4.69) is 0 Å². The normalized spacial score (nSPS) is 10.9. The van der Waals surface area contributed by atoms with Crippen molar-refractivity contribution in [2.75, 3.05) is 0 Å². The van der Waals surface area contributed by atoms with E-state index >= 15 is 0 Å². The first-order chi connectivity index (χ1) is 10.8. The van der Waals surface area contributed by atoms with E-state index in [1.165, 1.54) is 38.1 Å². The van der Waals surface area contributed by atoms with Gasteiger partial charge >= 0.3 is 11.9 Å². The molecule has 0 saturated carbocycles. The highest BCUT2D eigenvalue weighted by Crippen LogP contribution is 2.21. The summed E-state index contributed by atoms with van der Waals surface area (Å²) in [5.41, 5.74) is -0.629. The Morgan fingerprint density at radius 3 is 1.91 bits per heavy atom. The lowest BCUT2D eigenvalue weighted by molar-refractivity contribution is -0.160. The summed E-state index contributed by atoms with van der Waals surface area (Å²) in [5, 5.41) is 8.99. The van der Waals surface area contributed by atoms with Crippen LogP contribution in [0.3, 0.4) is 0 Å². The third-order valence-electron chi connectivity index (χ3n) is 3.41. The molecule has 2 rings (SSSR count). The number of hydrogen-bond donors (Lipinski definition) is 1. The lowest BCUT2D eigenvalue weighted by atomic mass is 9.94. The van der Waals surface area contributed by atoms with Crippen molar-refractivity contribution >= 4 is 17.7 Å². The van der Waals surface area contributed by atoms with Crippen LogP contribution in [0, 0.1) is 5.41 Å². The molecule has 2 aromatic carbocycles. The molecular weight excluding hydrogens is 296 g/mol. The molecule has 5 nitrogen and oxygen atoms in total. The number of ether oxygens (including phenoxy) is 1. The van der Waals surface area contributed by atoms with Gasteiger partial charge in [-0.2, -0.15) is 0 Å². The number of carboxylic acid groups (broad SMARTS) is 1.